The second-order valence-electron chi connectivity index (χ2n) is 5.38. The van der Waals surface area contributed by atoms with Gasteiger partial charge in [-0.2, -0.15) is 13.2 Å². The molecular formula is C15H19F3N2O2. The van der Waals surface area contributed by atoms with E-state index < -0.39 is 17.6 Å². The lowest BCUT2D eigenvalue weighted by Crippen LogP contribution is -2.39. The van der Waals surface area contributed by atoms with Crippen molar-refractivity contribution in [3.63, 3.8) is 0 Å². The van der Waals surface area contributed by atoms with Gasteiger partial charge in [-0.25, -0.2) is 0 Å². The van der Waals surface area contributed by atoms with Crippen molar-refractivity contribution in [2.45, 2.75) is 26.9 Å². The van der Waals surface area contributed by atoms with E-state index in [1.165, 1.54) is 30.0 Å². The lowest BCUT2D eigenvalue weighted by molar-refractivity contribution is -0.137. The Hall–Kier alpha value is -2.05. The molecule has 0 heterocycles. The third-order valence-electron chi connectivity index (χ3n) is 2.87. The topological polar surface area (TPSA) is 49.4 Å². The highest BCUT2D eigenvalue weighted by Gasteiger charge is 2.33. The minimum atomic E-state index is -4.55. The van der Waals surface area contributed by atoms with Gasteiger partial charge in [-0.3, -0.25) is 9.59 Å². The normalized spacial score (nSPS) is 11.4. The summed E-state index contributed by atoms with van der Waals surface area (Å²) in [6, 6.07) is 4.73. The Balaban J connectivity index is 2.83. The van der Waals surface area contributed by atoms with Crippen molar-refractivity contribution < 1.29 is 22.8 Å². The highest BCUT2D eigenvalue weighted by molar-refractivity contribution is 5.95. The first-order chi connectivity index (χ1) is 10.1. The first kappa shape index (κ1) is 18.0. The lowest BCUT2D eigenvalue weighted by atomic mass is 10.1. The third kappa shape index (κ3) is 5.38. The van der Waals surface area contributed by atoms with Crippen LogP contribution in [0, 0.1) is 5.92 Å². The van der Waals surface area contributed by atoms with Crippen LogP contribution in [0.1, 0.15) is 26.3 Å². The molecule has 1 rings (SSSR count). The van der Waals surface area contributed by atoms with Crippen molar-refractivity contribution in [1.29, 1.82) is 0 Å². The van der Waals surface area contributed by atoms with E-state index in [4.69, 9.17) is 0 Å². The van der Waals surface area contributed by atoms with Crippen LogP contribution in [0.5, 0.6) is 0 Å². The molecule has 0 fully saturated rings. The molecule has 0 saturated carbocycles. The van der Waals surface area contributed by atoms with E-state index in [1.54, 1.807) is 0 Å². The van der Waals surface area contributed by atoms with Crippen LogP contribution in [0.25, 0.3) is 0 Å². The molecule has 0 radical (unpaired) electrons. The van der Waals surface area contributed by atoms with E-state index in [0.29, 0.717) is 6.54 Å². The molecule has 0 aliphatic rings. The summed E-state index contributed by atoms with van der Waals surface area (Å²) in [6.07, 6.45) is -4.55. The summed E-state index contributed by atoms with van der Waals surface area (Å²) < 4.78 is 38.5. The molecule has 0 spiro atoms. The number of halogens is 3. The van der Waals surface area contributed by atoms with E-state index in [-0.39, 0.29) is 24.1 Å². The smallest absolute Gasteiger partial charge is 0.333 e. The molecule has 0 aliphatic carbocycles. The quantitative estimate of drug-likeness (QED) is 0.907. The average molecular weight is 316 g/mol. The van der Waals surface area contributed by atoms with Crippen LogP contribution in [-0.4, -0.2) is 29.8 Å². The van der Waals surface area contributed by atoms with Gasteiger partial charge in [-0.1, -0.05) is 26.0 Å². The van der Waals surface area contributed by atoms with Crippen LogP contribution in [0.3, 0.4) is 0 Å². The Morgan fingerprint density at radius 2 is 1.82 bits per heavy atom. The third-order valence-corrected chi connectivity index (χ3v) is 2.87. The van der Waals surface area contributed by atoms with E-state index in [2.05, 4.69) is 5.32 Å². The van der Waals surface area contributed by atoms with Crippen LogP contribution in [0.4, 0.5) is 18.9 Å². The predicted octanol–water partition coefficient (Wildman–Crippen LogP) is 3.15. The van der Waals surface area contributed by atoms with Gasteiger partial charge >= 0.3 is 6.18 Å². The number of hydrogen-bond donors (Lipinski definition) is 1. The number of alkyl halides is 3. The Kier molecular flexibility index (Phi) is 5.96. The summed E-state index contributed by atoms with van der Waals surface area (Å²) in [5.74, 6) is -0.806. The van der Waals surface area contributed by atoms with Gasteiger partial charge in [-0.15, -0.1) is 0 Å². The highest BCUT2D eigenvalue weighted by Crippen LogP contribution is 2.34. The van der Waals surface area contributed by atoms with Gasteiger partial charge in [-0.05, 0) is 18.1 Å². The zero-order valence-electron chi connectivity index (χ0n) is 12.7. The van der Waals surface area contributed by atoms with E-state index in [9.17, 15) is 22.8 Å². The second kappa shape index (κ2) is 7.29. The highest BCUT2D eigenvalue weighted by atomic mass is 19.4. The average Bonchev–Trinajstić information content (AvgIpc) is 2.36. The molecule has 0 saturated heterocycles. The fourth-order valence-corrected chi connectivity index (χ4v) is 1.95. The Bertz CT molecular complexity index is 542. The molecule has 4 nitrogen and oxygen atoms in total. The fourth-order valence-electron chi connectivity index (χ4n) is 1.95. The standard InChI is InChI=1S/C15H19F3N2O2/c1-10(2)8-20(11(3)21)9-14(22)19-13-7-5-4-6-12(13)15(16,17)18/h4-7,10H,8-9H2,1-3H3,(H,19,22). The maximum atomic E-state index is 12.8. The number of para-hydroxylation sites is 1. The second-order valence-corrected chi connectivity index (χ2v) is 5.38. The fraction of sp³-hybridized carbons (Fsp3) is 0.467. The van der Waals surface area contributed by atoms with E-state index >= 15 is 0 Å². The zero-order chi connectivity index (χ0) is 16.9. The van der Waals surface area contributed by atoms with E-state index in [0.717, 1.165) is 6.07 Å². The maximum Gasteiger partial charge on any atom is 0.418 e. The number of hydrogen-bond acceptors (Lipinski definition) is 2. The number of carbonyl (C=O) groups is 2. The number of benzene rings is 1. The summed E-state index contributed by atoms with van der Waals surface area (Å²) in [6.45, 7) is 5.17. The molecule has 0 aliphatic heterocycles. The van der Waals surface area contributed by atoms with Gasteiger partial charge in [0.15, 0.2) is 0 Å². The number of anilines is 1. The summed E-state index contributed by atoms with van der Waals surface area (Å²) in [4.78, 5) is 24.7. The molecule has 0 aromatic heterocycles. The van der Waals surface area contributed by atoms with Crippen molar-refractivity contribution in [2.75, 3.05) is 18.4 Å². The molecule has 0 unspecified atom stereocenters. The van der Waals surface area contributed by atoms with Crippen LogP contribution < -0.4 is 5.32 Å². The minimum Gasteiger partial charge on any atom is -0.333 e. The molecular weight excluding hydrogens is 297 g/mol. The molecule has 122 valence electrons. The van der Waals surface area contributed by atoms with Crippen LogP contribution in [0.15, 0.2) is 24.3 Å². The number of carbonyl (C=O) groups excluding carboxylic acids is 2. The van der Waals surface area contributed by atoms with Gasteiger partial charge < -0.3 is 10.2 Å². The van der Waals surface area contributed by atoms with Crippen molar-refractivity contribution in [1.82, 2.24) is 4.90 Å². The zero-order valence-corrected chi connectivity index (χ0v) is 12.7. The van der Waals surface area contributed by atoms with Crippen molar-refractivity contribution in [3.05, 3.63) is 29.8 Å². The van der Waals surface area contributed by atoms with Gasteiger partial charge in [0.2, 0.25) is 11.8 Å². The van der Waals surface area contributed by atoms with Gasteiger partial charge in [0.05, 0.1) is 17.8 Å². The first-order valence-electron chi connectivity index (χ1n) is 6.83. The van der Waals surface area contributed by atoms with Crippen LogP contribution in [-0.2, 0) is 15.8 Å². The lowest BCUT2D eigenvalue weighted by Gasteiger charge is -2.23. The molecule has 1 aromatic carbocycles. The number of nitrogens with zero attached hydrogens (tertiary/aromatic N) is 1. The summed E-state index contributed by atoms with van der Waals surface area (Å²) in [5.41, 5.74) is -1.23. The summed E-state index contributed by atoms with van der Waals surface area (Å²) in [5, 5.41) is 2.22. The minimum absolute atomic E-state index is 0.152. The van der Waals surface area contributed by atoms with Gasteiger partial charge in [0.25, 0.3) is 0 Å². The van der Waals surface area contributed by atoms with Crippen LogP contribution >= 0.6 is 0 Å². The summed E-state index contributed by atoms with van der Waals surface area (Å²) in [7, 11) is 0. The Morgan fingerprint density at radius 1 is 1.23 bits per heavy atom. The monoisotopic (exact) mass is 316 g/mol. The first-order valence-corrected chi connectivity index (χ1v) is 6.83. The van der Waals surface area contributed by atoms with E-state index in [1.807, 2.05) is 13.8 Å². The Morgan fingerprint density at radius 3 is 2.32 bits per heavy atom. The number of amides is 2. The molecule has 0 atom stereocenters. The molecule has 1 N–H and O–H groups in total. The molecule has 2 amide bonds. The maximum absolute atomic E-state index is 12.8. The van der Waals surface area contributed by atoms with Crippen LogP contribution in [0.2, 0.25) is 0 Å². The van der Waals surface area contributed by atoms with Crippen molar-refractivity contribution in [2.24, 2.45) is 5.92 Å². The number of rotatable bonds is 5. The SMILES string of the molecule is CC(=O)N(CC(=O)Nc1ccccc1C(F)(F)F)CC(C)C. The Labute approximate surface area is 127 Å². The molecule has 22 heavy (non-hydrogen) atoms. The van der Waals surface area contributed by atoms with Crippen molar-refractivity contribution in [3.8, 4) is 0 Å². The molecule has 0 bridgehead atoms. The van der Waals surface area contributed by atoms with Gasteiger partial charge in [0.1, 0.15) is 0 Å². The predicted molar refractivity (Wildman–Crippen MR) is 77.2 cm³/mol. The number of nitrogens with one attached hydrogen (secondary N) is 1. The largest absolute Gasteiger partial charge is 0.418 e. The van der Waals surface area contributed by atoms with Crippen molar-refractivity contribution >= 4 is 17.5 Å². The van der Waals surface area contributed by atoms with Gasteiger partial charge in [0, 0.05) is 13.5 Å². The molecule has 1 aromatic rings. The summed E-state index contributed by atoms with van der Waals surface area (Å²) >= 11 is 0. The molecule has 7 heteroatoms.